The van der Waals surface area contributed by atoms with Crippen LogP contribution in [0.15, 0.2) is 45.5 Å². The van der Waals surface area contributed by atoms with Crippen LogP contribution in [-0.4, -0.2) is 14.6 Å². The first-order valence-electron chi connectivity index (χ1n) is 5.39. The van der Waals surface area contributed by atoms with Gasteiger partial charge in [0.05, 0.1) is 11.6 Å². The molecule has 1 aromatic carbocycles. The topological polar surface area (TPSA) is 54.0 Å². The minimum atomic E-state index is 0.571. The standard InChI is InChI=1S/C13H6Br2N4/c14-10-4-9(5-11(15)6-10)13-18-17-12-3-8(7-16)1-2-19(12)13/h1-6H. The average molecular weight is 378 g/mol. The van der Waals surface area contributed by atoms with Gasteiger partial charge in [0.1, 0.15) is 0 Å². The first-order valence-corrected chi connectivity index (χ1v) is 6.97. The lowest BCUT2D eigenvalue weighted by atomic mass is 10.2. The number of fused-ring (bicyclic) bond motifs is 1. The molecule has 0 unspecified atom stereocenters. The molecule has 0 aliphatic rings. The molecule has 0 atom stereocenters. The predicted octanol–water partition coefficient (Wildman–Crippen LogP) is 3.79. The minimum absolute atomic E-state index is 0.571. The van der Waals surface area contributed by atoms with Gasteiger partial charge >= 0.3 is 0 Å². The van der Waals surface area contributed by atoms with E-state index in [9.17, 15) is 0 Å². The number of hydrogen-bond acceptors (Lipinski definition) is 3. The van der Waals surface area contributed by atoms with Crippen LogP contribution in [0.3, 0.4) is 0 Å². The zero-order valence-corrected chi connectivity index (χ0v) is 12.7. The van der Waals surface area contributed by atoms with Gasteiger partial charge in [-0.3, -0.25) is 4.40 Å². The van der Waals surface area contributed by atoms with Crippen LogP contribution in [0.5, 0.6) is 0 Å². The molecule has 0 spiro atoms. The maximum Gasteiger partial charge on any atom is 0.168 e. The van der Waals surface area contributed by atoms with Gasteiger partial charge in [0, 0.05) is 26.8 Å². The fraction of sp³-hybridized carbons (Fsp3) is 0. The molecule has 0 N–H and O–H groups in total. The highest BCUT2D eigenvalue weighted by Crippen LogP contribution is 2.27. The van der Waals surface area contributed by atoms with Crippen molar-refractivity contribution < 1.29 is 0 Å². The summed E-state index contributed by atoms with van der Waals surface area (Å²) in [5.74, 6) is 0.737. The summed E-state index contributed by atoms with van der Waals surface area (Å²) in [6.07, 6.45) is 1.80. The lowest BCUT2D eigenvalue weighted by Crippen LogP contribution is -1.90. The molecule has 0 aliphatic carbocycles. The van der Waals surface area contributed by atoms with Crippen LogP contribution in [0.4, 0.5) is 0 Å². The summed E-state index contributed by atoms with van der Waals surface area (Å²) >= 11 is 6.91. The number of rotatable bonds is 1. The number of halogens is 2. The molecule has 3 rings (SSSR count). The zero-order chi connectivity index (χ0) is 13.4. The molecule has 0 bridgehead atoms. The molecule has 0 saturated carbocycles. The summed E-state index contributed by atoms with van der Waals surface area (Å²) < 4.78 is 3.78. The number of hydrogen-bond donors (Lipinski definition) is 0. The van der Waals surface area contributed by atoms with Crippen molar-refractivity contribution in [3.05, 3.63) is 51.0 Å². The normalized spacial score (nSPS) is 10.6. The monoisotopic (exact) mass is 376 g/mol. The van der Waals surface area contributed by atoms with Gasteiger partial charge in [-0.25, -0.2) is 0 Å². The second-order valence-electron chi connectivity index (χ2n) is 3.94. The van der Waals surface area contributed by atoms with E-state index < -0.39 is 0 Å². The van der Waals surface area contributed by atoms with Gasteiger partial charge in [-0.15, -0.1) is 10.2 Å². The number of nitriles is 1. The Hall–Kier alpha value is -1.71. The van der Waals surface area contributed by atoms with Crippen molar-refractivity contribution in [2.75, 3.05) is 0 Å². The molecule has 4 nitrogen and oxygen atoms in total. The first-order chi connectivity index (χ1) is 9.17. The van der Waals surface area contributed by atoms with Gasteiger partial charge in [0.2, 0.25) is 0 Å². The lowest BCUT2D eigenvalue weighted by Gasteiger charge is -2.02. The van der Waals surface area contributed by atoms with Crippen molar-refractivity contribution in [2.45, 2.75) is 0 Å². The highest BCUT2D eigenvalue weighted by molar-refractivity contribution is 9.11. The van der Waals surface area contributed by atoms with E-state index in [1.54, 1.807) is 18.3 Å². The van der Waals surface area contributed by atoms with Crippen molar-refractivity contribution in [1.29, 1.82) is 5.26 Å². The van der Waals surface area contributed by atoms with E-state index >= 15 is 0 Å². The fourth-order valence-corrected chi connectivity index (χ4v) is 3.13. The molecule has 0 amide bonds. The van der Waals surface area contributed by atoms with Crippen LogP contribution >= 0.6 is 31.9 Å². The third-order valence-corrected chi connectivity index (χ3v) is 3.58. The molecule has 19 heavy (non-hydrogen) atoms. The first kappa shape index (κ1) is 12.3. The Labute approximate surface area is 126 Å². The average Bonchev–Trinajstić information content (AvgIpc) is 2.80. The number of benzene rings is 1. The highest BCUT2D eigenvalue weighted by Gasteiger charge is 2.09. The van der Waals surface area contributed by atoms with Gasteiger partial charge in [0.15, 0.2) is 11.5 Å². The summed E-state index contributed by atoms with van der Waals surface area (Å²) in [7, 11) is 0. The number of nitrogens with zero attached hydrogens (tertiary/aromatic N) is 4. The third-order valence-electron chi connectivity index (χ3n) is 2.66. The van der Waals surface area contributed by atoms with Crippen LogP contribution in [0.1, 0.15) is 5.56 Å². The highest BCUT2D eigenvalue weighted by atomic mass is 79.9. The van der Waals surface area contributed by atoms with Crippen molar-refractivity contribution >= 4 is 37.5 Å². The Morgan fingerprint density at radius 3 is 2.47 bits per heavy atom. The van der Waals surface area contributed by atoms with Crippen LogP contribution < -0.4 is 0 Å². The Morgan fingerprint density at radius 2 is 1.79 bits per heavy atom. The quantitative estimate of drug-likeness (QED) is 0.648. The predicted molar refractivity (Wildman–Crippen MR) is 78.5 cm³/mol. The van der Waals surface area contributed by atoms with Crippen LogP contribution in [-0.2, 0) is 0 Å². The Bertz CT molecular complexity index is 797. The van der Waals surface area contributed by atoms with Crippen molar-refractivity contribution in [3.8, 4) is 17.5 Å². The Kier molecular flexibility index (Phi) is 3.09. The number of pyridine rings is 1. The van der Waals surface area contributed by atoms with Crippen molar-refractivity contribution in [1.82, 2.24) is 14.6 Å². The number of aromatic nitrogens is 3. The van der Waals surface area contributed by atoms with E-state index in [0.717, 1.165) is 20.3 Å². The van der Waals surface area contributed by atoms with E-state index in [-0.39, 0.29) is 0 Å². The van der Waals surface area contributed by atoms with Gasteiger partial charge in [-0.05, 0) is 24.3 Å². The maximum atomic E-state index is 8.87. The van der Waals surface area contributed by atoms with Gasteiger partial charge < -0.3 is 0 Å². The molecule has 0 saturated heterocycles. The van der Waals surface area contributed by atoms with Crippen LogP contribution in [0, 0.1) is 11.3 Å². The zero-order valence-electron chi connectivity index (χ0n) is 9.51. The van der Waals surface area contributed by atoms with E-state index in [2.05, 4.69) is 48.1 Å². The largest absolute Gasteiger partial charge is 0.282 e. The van der Waals surface area contributed by atoms with E-state index in [1.165, 1.54) is 0 Å². The summed E-state index contributed by atoms with van der Waals surface area (Å²) in [4.78, 5) is 0. The fourth-order valence-electron chi connectivity index (χ4n) is 1.84. The smallest absolute Gasteiger partial charge is 0.168 e. The van der Waals surface area contributed by atoms with Crippen LogP contribution in [0.25, 0.3) is 17.0 Å². The molecule has 0 fully saturated rings. The molecule has 0 aliphatic heterocycles. The second kappa shape index (κ2) is 4.76. The molecule has 0 radical (unpaired) electrons. The maximum absolute atomic E-state index is 8.87. The Morgan fingerprint density at radius 1 is 1.05 bits per heavy atom. The van der Waals surface area contributed by atoms with Crippen molar-refractivity contribution in [3.63, 3.8) is 0 Å². The van der Waals surface area contributed by atoms with E-state index in [4.69, 9.17) is 5.26 Å². The van der Waals surface area contributed by atoms with E-state index in [0.29, 0.717) is 11.2 Å². The third kappa shape index (κ3) is 2.27. The van der Waals surface area contributed by atoms with Crippen molar-refractivity contribution in [2.24, 2.45) is 0 Å². The van der Waals surface area contributed by atoms with Gasteiger partial charge in [0.25, 0.3) is 0 Å². The molecule has 2 heterocycles. The molecular weight excluding hydrogens is 372 g/mol. The second-order valence-corrected chi connectivity index (χ2v) is 5.77. The Balaban J connectivity index is 2.23. The van der Waals surface area contributed by atoms with Crippen LogP contribution in [0.2, 0.25) is 0 Å². The van der Waals surface area contributed by atoms with Gasteiger partial charge in [-0.1, -0.05) is 31.9 Å². The SMILES string of the molecule is N#Cc1ccn2c(-c3cc(Br)cc(Br)c3)nnc2c1. The molecule has 92 valence electrons. The molecule has 3 aromatic rings. The van der Waals surface area contributed by atoms with Gasteiger partial charge in [-0.2, -0.15) is 5.26 Å². The summed E-state index contributed by atoms with van der Waals surface area (Å²) in [6, 6.07) is 11.4. The summed E-state index contributed by atoms with van der Waals surface area (Å²) in [6.45, 7) is 0. The molecule has 6 heteroatoms. The molecule has 2 aromatic heterocycles. The minimum Gasteiger partial charge on any atom is -0.282 e. The summed E-state index contributed by atoms with van der Waals surface area (Å²) in [5, 5.41) is 17.2. The molecular formula is C13H6Br2N4. The lowest BCUT2D eigenvalue weighted by molar-refractivity contribution is 1.11. The summed E-state index contributed by atoms with van der Waals surface area (Å²) in [5.41, 5.74) is 2.17. The van der Waals surface area contributed by atoms with E-state index in [1.807, 2.05) is 22.6 Å².